The molecule has 2 unspecified atom stereocenters. The Labute approximate surface area is 105 Å². The summed E-state index contributed by atoms with van der Waals surface area (Å²) in [4.78, 5) is 33.2. The van der Waals surface area contributed by atoms with Crippen molar-refractivity contribution in [3.63, 3.8) is 0 Å². The van der Waals surface area contributed by atoms with E-state index >= 15 is 0 Å². The smallest absolute Gasteiger partial charge is 0.303 e. The molecule has 1 saturated heterocycles. The Morgan fingerprint density at radius 2 is 2.28 bits per heavy atom. The van der Waals surface area contributed by atoms with Crippen LogP contribution in [0.2, 0.25) is 0 Å². The summed E-state index contributed by atoms with van der Waals surface area (Å²) in [5, 5.41) is 16.8. The van der Waals surface area contributed by atoms with E-state index in [0.29, 0.717) is 13.0 Å². The van der Waals surface area contributed by atoms with Gasteiger partial charge in [-0.05, 0) is 5.92 Å². The van der Waals surface area contributed by atoms with Crippen LogP contribution in [0, 0.1) is 5.92 Å². The van der Waals surface area contributed by atoms with Crippen molar-refractivity contribution in [2.75, 3.05) is 19.6 Å². The third-order valence-corrected chi connectivity index (χ3v) is 2.93. The lowest BCUT2D eigenvalue weighted by Crippen LogP contribution is -2.58. The van der Waals surface area contributed by atoms with Crippen LogP contribution in [-0.4, -0.2) is 48.6 Å². The van der Waals surface area contributed by atoms with Crippen LogP contribution in [0.15, 0.2) is 0 Å². The monoisotopic (exact) mass is 257 g/mol. The molecule has 1 rings (SSSR count). The summed E-state index contributed by atoms with van der Waals surface area (Å²) < 4.78 is 0. The lowest BCUT2D eigenvalue weighted by molar-refractivity contribution is -0.138. The first kappa shape index (κ1) is 14.4. The molecule has 0 aromatic carbocycles. The number of carboxylic acids is 1. The number of piperazine rings is 1. The summed E-state index contributed by atoms with van der Waals surface area (Å²) in [5.41, 5.74) is 0. The maximum absolute atomic E-state index is 11.7. The molecule has 0 spiro atoms. The molecule has 7 heteroatoms. The van der Waals surface area contributed by atoms with Gasteiger partial charge in [0.25, 0.3) is 0 Å². The van der Waals surface area contributed by atoms with Crippen LogP contribution in [0.4, 0.5) is 0 Å². The Morgan fingerprint density at radius 1 is 1.56 bits per heavy atom. The highest BCUT2D eigenvalue weighted by molar-refractivity contribution is 5.86. The highest BCUT2D eigenvalue weighted by atomic mass is 16.4. The lowest BCUT2D eigenvalue weighted by atomic mass is 10.0. The average molecular weight is 257 g/mol. The van der Waals surface area contributed by atoms with Crippen molar-refractivity contribution in [1.82, 2.24) is 16.0 Å². The van der Waals surface area contributed by atoms with Crippen molar-refractivity contribution in [3.05, 3.63) is 0 Å². The molecule has 0 radical (unpaired) electrons. The van der Waals surface area contributed by atoms with Gasteiger partial charge in [0.15, 0.2) is 0 Å². The topological polar surface area (TPSA) is 108 Å². The first-order valence-electron chi connectivity index (χ1n) is 6.02. The van der Waals surface area contributed by atoms with Gasteiger partial charge < -0.3 is 15.7 Å². The molecule has 4 N–H and O–H groups in total. The van der Waals surface area contributed by atoms with E-state index in [0.717, 1.165) is 0 Å². The molecule has 1 fully saturated rings. The minimum absolute atomic E-state index is 0.0472. The third-order valence-electron chi connectivity index (χ3n) is 2.93. The van der Waals surface area contributed by atoms with Crippen LogP contribution in [0.5, 0.6) is 0 Å². The van der Waals surface area contributed by atoms with Crippen molar-refractivity contribution in [2.24, 2.45) is 5.92 Å². The first-order chi connectivity index (χ1) is 8.52. The van der Waals surface area contributed by atoms with Gasteiger partial charge in [0.05, 0.1) is 6.54 Å². The van der Waals surface area contributed by atoms with Crippen LogP contribution in [0.3, 0.4) is 0 Å². The molecule has 0 saturated carbocycles. The van der Waals surface area contributed by atoms with Crippen molar-refractivity contribution >= 4 is 17.8 Å². The Balaban J connectivity index is 2.31. The van der Waals surface area contributed by atoms with Crippen LogP contribution < -0.4 is 16.0 Å². The van der Waals surface area contributed by atoms with Gasteiger partial charge in [0.1, 0.15) is 6.04 Å². The Kier molecular flexibility index (Phi) is 5.57. The van der Waals surface area contributed by atoms with Crippen molar-refractivity contribution in [3.8, 4) is 0 Å². The highest BCUT2D eigenvalue weighted by Crippen LogP contribution is 2.06. The maximum Gasteiger partial charge on any atom is 0.303 e. The van der Waals surface area contributed by atoms with Gasteiger partial charge in [-0.2, -0.15) is 0 Å². The summed E-state index contributed by atoms with van der Waals surface area (Å²) >= 11 is 0. The molecule has 1 aliphatic rings. The normalized spacial score (nSPS) is 20.9. The van der Waals surface area contributed by atoms with E-state index in [-0.39, 0.29) is 37.2 Å². The number of amides is 2. The first-order valence-corrected chi connectivity index (χ1v) is 6.02. The van der Waals surface area contributed by atoms with Crippen LogP contribution in [0.1, 0.15) is 19.8 Å². The Hall–Kier alpha value is -1.63. The van der Waals surface area contributed by atoms with Crippen LogP contribution in [-0.2, 0) is 14.4 Å². The zero-order valence-electron chi connectivity index (χ0n) is 10.4. The molecule has 2 atom stereocenters. The molecule has 0 aliphatic carbocycles. The van der Waals surface area contributed by atoms with E-state index in [2.05, 4.69) is 16.0 Å². The zero-order valence-corrected chi connectivity index (χ0v) is 10.4. The predicted molar refractivity (Wildman–Crippen MR) is 63.8 cm³/mol. The van der Waals surface area contributed by atoms with Gasteiger partial charge in [0.2, 0.25) is 11.8 Å². The molecular weight excluding hydrogens is 238 g/mol. The second-order valence-corrected chi connectivity index (χ2v) is 4.35. The summed E-state index contributed by atoms with van der Waals surface area (Å²) in [6, 6.07) is -0.440. The molecule has 0 aromatic rings. The number of carbonyl (C=O) groups is 3. The number of nitrogens with one attached hydrogen (secondary N) is 3. The summed E-state index contributed by atoms with van der Waals surface area (Å²) in [6.07, 6.45) is 0.743. The molecule has 2 amide bonds. The predicted octanol–water partition coefficient (Wildman–Crippen LogP) is -1.31. The van der Waals surface area contributed by atoms with Crippen LogP contribution in [0.25, 0.3) is 0 Å². The van der Waals surface area contributed by atoms with Gasteiger partial charge in [0, 0.05) is 19.5 Å². The van der Waals surface area contributed by atoms with E-state index in [1.165, 1.54) is 0 Å². The van der Waals surface area contributed by atoms with Crippen molar-refractivity contribution in [1.29, 1.82) is 0 Å². The van der Waals surface area contributed by atoms with Crippen LogP contribution >= 0.6 is 0 Å². The Bertz CT molecular complexity index is 322. The number of carboxylic acid groups (broad SMARTS) is 1. The molecule has 0 aromatic heterocycles. The summed E-state index contributed by atoms with van der Waals surface area (Å²) in [6.45, 7) is 2.62. The fourth-order valence-electron chi connectivity index (χ4n) is 1.73. The molecule has 102 valence electrons. The largest absolute Gasteiger partial charge is 0.481 e. The second-order valence-electron chi connectivity index (χ2n) is 4.35. The van der Waals surface area contributed by atoms with E-state index in [4.69, 9.17) is 5.11 Å². The van der Waals surface area contributed by atoms with Gasteiger partial charge in [-0.1, -0.05) is 13.3 Å². The number of carbonyl (C=O) groups excluding carboxylic acids is 2. The molecular formula is C11H19N3O4. The number of hydrogen-bond donors (Lipinski definition) is 4. The van der Waals surface area contributed by atoms with Gasteiger partial charge >= 0.3 is 5.97 Å². The molecule has 1 heterocycles. The quantitative estimate of drug-likeness (QED) is 0.472. The molecule has 0 bridgehead atoms. The van der Waals surface area contributed by atoms with E-state index in [1.54, 1.807) is 0 Å². The SMILES string of the molecule is CCC(CNC(=O)C1CNC(=O)CN1)CC(=O)O. The van der Waals surface area contributed by atoms with Gasteiger partial charge in [-0.3, -0.25) is 19.7 Å². The molecule has 1 aliphatic heterocycles. The molecule has 18 heavy (non-hydrogen) atoms. The maximum atomic E-state index is 11.7. The fraction of sp³-hybridized carbons (Fsp3) is 0.727. The van der Waals surface area contributed by atoms with Crippen molar-refractivity contribution in [2.45, 2.75) is 25.8 Å². The number of hydrogen-bond acceptors (Lipinski definition) is 4. The minimum atomic E-state index is -0.862. The van der Waals surface area contributed by atoms with Crippen molar-refractivity contribution < 1.29 is 19.5 Å². The molecule has 7 nitrogen and oxygen atoms in total. The number of aliphatic carboxylic acids is 1. The standard InChI is InChI=1S/C11H19N3O4/c1-2-7(3-10(16)17)4-14-11(18)8-5-13-9(15)6-12-8/h7-8,12H,2-6H2,1H3,(H,13,15)(H,14,18)(H,16,17). The highest BCUT2D eigenvalue weighted by Gasteiger charge is 2.24. The summed E-state index contributed by atoms with van der Waals surface area (Å²) in [7, 11) is 0. The zero-order chi connectivity index (χ0) is 13.5. The van der Waals surface area contributed by atoms with E-state index in [9.17, 15) is 14.4 Å². The third kappa shape index (κ3) is 4.70. The lowest BCUT2D eigenvalue weighted by Gasteiger charge is -2.24. The second kappa shape index (κ2) is 6.95. The fourth-order valence-corrected chi connectivity index (χ4v) is 1.73. The Morgan fingerprint density at radius 3 is 2.78 bits per heavy atom. The average Bonchev–Trinajstić information content (AvgIpc) is 2.34. The minimum Gasteiger partial charge on any atom is -0.481 e. The van der Waals surface area contributed by atoms with Gasteiger partial charge in [-0.25, -0.2) is 0 Å². The van der Waals surface area contributed by atoms with E-state index in [1.807, 2.05) is 6.92 Å². The van der Waals surface area contributed by atoms with E-state index < -0.39 is 12.0 Å². The number of rotatable bonds is 6. The van der Waals surface area contributed by atoms with Gasteiger partial charge in [-0.15, -0.1) is 0 Å². The summed E-state index contributed by atoms with van der Waals surface area (Å²) in [5.74, 6) is -1.26.